The van der Waals surface area contributed by atoms with Crippen LogP contribution in [-0.4, -0.2) is 60.8 Å². The second-order valence-corrected chi connectivity index (χ2v) is 9.54. The number of ether oxygens (including phenoxy) is 4. The van der Waals surface area contributed by atoms with Crippen LogP contribution in [0.1, 0.15) is 35.1 Å². The van der Waals surface area contributed by atoms with Gasteiger partial charge in [-0.15, -0.1) is 0 Å². The molecule has 6 heteroatoms. The number of hydrogen-bond donors (Lipinski definition) is 0. The third-order valence-corrected chi connectivity index (χ3v) is 8.14. The Morgan fingerprint density at radius 2 is 1.87 bits per heavy atom. The van der Waals surface area contributed by atoms with Crippen LogP contribution in [0.2, 0.25) is 0 Å². The highest BCUT2D eigenvalue weighted by atomic mass is 16.6. The molecule has 2 unspecified atom stereocenters. The highest BCUT2D eigenvalue weighted by Gasteiger charge is 2.59. The molecular formula is C25H28N2O4. The third kappa shape index (κ3) is 2.86. The van der Waals surface area contributed by atoms with Crippen molar-refractivity contribution in [2.75, 3.05) is 26.4 Å². The molecule has 5 aliphatic heterocycles. The maximum absolute atomic E-state index is 6.33. The molecule has 1 aliphatic carbocycles. The summed E-state index contributed by atoms with van der Waals surface area (Å²) in [4.78, 5) is 6.98. The second-order valence-electron chi connectivity index (χ2n) is 9.54. The average molecular weight is 421 g/mol. The Hall–Kier alpha value is -1.83. The van der Waals surface area contributed by atoms with Gasteiger partial charge in [-0.05, 0) is 35.1 Å². The van der Waals surface area contributed by atoms with Gasteiger partial charge < -0.3 is 18.9 Å². The predicted molar refractivity (Wildman–Crippen MR) is 112 cm³/mol. The Labute approximate surface area is 182 Å². The van der Waals surface area contributed by atoms with E-state index in [2.05, 4.69) is 46.4 Å². The number of hydrogen-bond acceptors (Lipinski definition) is 6. The van der Waals surface area contributed by atoms with Crippen LogP contribution in [0.3, 0.4) is 0 Å². The van der Waals surface area contributed by atoms with Crippen LogP contribution in [0.25, 0.3) is 0 Å². The normalized spacial score (nSPS) is 40.6. The van der Waals surface area contributed by atoms with Gasteiger partial charge in [0.2, 0.25) is 0 Å². The minimum absolute atomic E-state index is 0.00620. The summed E-state index contributed by atoms with van der Waals surface area (Å²) in [6.07, 6.45) is 5.49. The molecule has 0 saturated carbocycles. The summed E-state index contributed by atoms with van der Waals surface area (Å²) in [5, 5.41) is 0. The summed E-state index contributed by atoms with van der Waals surface area (Å²) in [5.41, 5.74) is 4.02. The minimum Gasteiger partial charge on any atom is -0.372 e. The molecule has 8 rings (SSSR count). The van der Waals surface area contributed by atoms with Crippen LogP contribution in [0.4, 0.5) is 0 Å². The van der Waals surface area contributed by atoms with E-state index in [1.54, 1.807) is 0 Å². The van der Waals surface area contributed by atoms with Crippen molar-refractivity contribution in [1.29, 1.82) is 0 Å². The van der Waals surface area contributed by atoms with E-state index in [0.29, 0.717) is 37.0 Å². The topological polar surface area (TPSA) is 53.1 Å². The van der Waals surface area contributed by atoms with Crippen molar-refractivity contribution >= 4 is 0 Å². The van der Waals surface area contributed by atoms with Gasteiger partial charge in [0.25, 0.3) is 0 Å². The molecule has 6 aliphatic rings. The fraction of sp³-hybridized carbons (Fsp3) is 0.560. The van der Waals surface area contributed by atoms with Gasteiger partial charge in [0, 0.05) is 36.8 Å². The molecule has 1 aromatic heterocycles. The number of pyridine rings is 1. The largest absolute Gasteiger partial charge is 0.372 e. The van der Waals surface area contributed by atoms with Gasteiger partial charge in [-0.2, -0.15) is 0 Å². The third-order valence-electron chi connectivity index (χ3n) is 8.14. The molecule has 6 nitrogen and oxygen atoms in total. The zero-order valence-electron chi connectivity index (χ0n) is 17.5. The van der Waals surface area contributed by atoms with Crippen LogP contribution < -0.4 is 0 Å². The molecule has 2 aromatic rings. The van der Waals surface area contributed by atoms with Crippen molar-refractivity contribution in [3.05, 3.63) is 65.5 Å². The Morgan fingerprint density at radius 1 is 0.968 bits per heavy atom. The molecule has 4 fully saturated rings. The monoisotopic (exact) mass is 420 g/mol. The zero-order valence-corrected chi connectivity index (χ0v) is 17.5. The van der Waals surface area contributed by atoms with E-state index < -0.39 is 0 Å². The first-order chi connectivity index (χ1) is 15.4. The van der Waals surface area contributed by atoms with Crippen LogP contribution in [-0.2, 0) is 25.6 Å². The van der Waals surface area contributed by atoms with Gasteiger partial charge in [-0.3, -0.25) is 9.88 Å². The molecule has 6 heterocycles. The highest BCUT2D eigenvalue weighted by molar-refractivity contribution is 5.38. The number of benzene rings is 1. The summed E-state index contributed by atoms with van der Waals surface area (Å²) in [6, 6.07) is 12.9. The number of rotatable bonds is 4. The summed E-state index contributed by atoms with van der Waals surface area (Å²) >= 11 is 0. The second kappa shape index (κ2) is 7.36. The maximum Gasteiger partial charge on any atom is 0.118 e. The molecule has 0 radical (unpaired) electrons. The van der Waals surface area contributed by atoms with E-state index in [9.17, 15) is 0 Å². The number of fused-ring (bicyclic) bond motifs is 2. The molecule has 1 aromatic carbocycles. The molecule has 31 heavy (non-hydrogen) atoms. The van der Waals surface area contributed by atoms with Gasteiger partial charge in [-0.1, -0.05) is 30.3 Å². The average Bonchev–Trinajstić information content (AvgIpc) is 3.55. The minimum atomic E-state index is 0.00620. The van der Waals surface area contributed by atoms with E-state index in [0.717, 1.165) is 26.2 Å². The lowest BCUT2D eigenvalue weighted by Crippen LogP contribution is -2.54. The van der Waals surface area contributed by atoms with Gasteiger partial charge in [0.05, 0.1) is 32.5 Å². The van der Waals surface area contributed by atoms with E-state index in [1.165, 1.54) is 16.7 Å². The molecule has 0 N–H and O–H groups in total. The molecule has 162 valence electrons. The van der Waals surface area contributed by atoms with Gasteiger partial charge in [0.1, 0.15) is 18.4 Å². The molecule has 0 amide bonds. The summed E-state index contributed by atoms with van der Waals surface area (Å²) in [5.74, 6) is 1.25. The first-order valence-electron chi connectivity index (χ1n) is 11.6. The van der Waals surface area contributed by atoms with E-state index >= 15 is 0 Å². The van der Waals surface area contributed by atoms with Crippen molar-refractivity contribution in [3.63, 3.8) is 0 Å². The molecule has 0 spiro atoms. The Bertz CT molecular complexity index is 956. The first kappa shape index (κ1) is 18.7. The van der Waals surface area contributed by atoms with Crippen molar-refractivity contribution in [2.24, 2.45) is 11.8 Å². The quantitative estimate of drug-likeness (QED) is 0.758. The van der Waals surface area contributed by atoms with Crippen molar-refractivity contribution < 1.29 is 18.9 Å². The highest BCUT2D eigenvalue weighted by Crippen LogP contribution is 2.58. The van der Waals surface area contributed by atoms with Gasteiger partial charge in [-0.25, -0.2) is 0 Å². The van der Waals surface area contributed by atoms with Gasteiger partial charge >= 0.3 is 0 Å². The Balaban J connectivity index is 1.11. The standard InChI is InChI=1S/C25H28N2O4/c1-2-4-15(5-3-1)12-29-21-14-31-23-19(13-30-24(21)23)17-10-20-18-11-26-7-6-16(18)22(17)25-27(20)8-9-28-25/h1-7,11,17,19-25H,8-10,12-14H2/t17?,19-,20-,21+,22-,23+,24+,25?/m0/s1. The fourth-order valence-corrected chi connectivity index (χ4v) is 6.81. The van der Waals surface area contributed by atoms with Gasteiger partial charge in [0.15, 0.2) is 0 Å². The predicted octanol–water partition coefficient (Wildman–Crippen LogP) is 2.90. The molecular weight excluding hydrogens is 392 g/mol. The SMILES string of the molecule is c1ccc(CO[C@@H]2CO[C@H]3[C@@H]2OC[C@H]3C2C[C@H]3c4cnccc4[C@@H]2C2OCCN23)cc1. The van der Waals surface area contributed by atoms with Crippen LogP contribution in [0, 0.1) is 11.8 Å². The van der Waals surface area contributed by atoms with Crippen LogP contribution in [0.5, 0.6) is 0 Å². The van der Waals surface area contributed by atoms with E-state index in [4.69, 9.17) is 18.9 Å². The lowest BCUT2D eigenvalue weighted by atomic mass is 9.63. The Morgan fingerprint density at radius 3 is 2.81 bits per heavy atom. The number of aromatic nitrogens is 1. The zero-order chi connectivity index (χ0) is 20.4. The Kier molecular flexibility index (Phi) is 4.44. The van der Waals surface area contributed by atoms with Crippen molar-refractivity contribution in [2.45, 2.75) is 49.5 Å². The molecule has 8 atom stereocenters. The fourth-order valence-electron chi connectivity index (χ4n) is 6.81. The maximum atomic E-state index is 6.33. The van der Waals surface area contributed by atoms with Crippen LogP contribution >= 0.6 is 0 Å². The summed E-state index contributed by atoms with van der Waals surface area (Å²) < 4.78 is 25.2. The summed E-state index contributed by atoms with van der Waals surface area (Å²) in [7, 11) is 0. The first-order valence-corrected chi connectivity index (χ1v) is 11.6. The van der Waals surface area contributed by atoms with Crippen LogP contribution in [0.15, 0.2) is 48.8 Å². The lowest BCUT2D eigenvalue weighted by molar-refractivity contribution is -0.0963. The smallest absolute Gasteiger partial charge is 0.118 e. The lowest BCUT2D eigenvalue weighted by Gasteiger charge is -2.53. The van der Waals surface area contributed by atoms with E-state index in [-0.39, 0.29) is 24.5 Å². The number of nitrogens with zero attached hydrogens (tertiary/aromatic N) is 2. The summed E-state index contributed by atoms with van der Waals surface area (Å²) in [6.45, 7) is 3.82. The van der Waals surface area contributed by atoms with Crippen molar-refractivity contribution in [1.82, 2.24) is 9.88 Å². The molecule has 2 bridgehead atoms. The number of piperidine rings is 1. The van der Waals surface area contributed by atoms with E-state index in [1.807, 2.05) is 12.3 Å². The van der Waals surface area contributed by atoms with Crippen molar-refractivity contribution in [3.8, 4) is 0 Å². The molecule has 4 saturated heterocycles.